The third-order valence-corrected chi connectivity index (χ3v) is 3.23. The molecular formula is C12H19N3O. The lowest BCUT2D eigenvalue weighted by atomic mass is 10.0. The number of pyridine rings is 1. The van der Waals surface area contributed by atoms with Gasteiger partial charge in [0.05, 0.1) is 11.8 Å². The number of aliphatic hydroxyl groups excluding tert-OH is 1. The average Bonchev–Trinajstić information content (AvgIpc) is 2.78. The summed E-state index contributed by atoms with van der Waals surface area (Å²) in [6.07, 6.45) is 0.800. The fraction of sp³-hybridized carbons (Fsp3) is 0.583. The van der Waals surface area contributed by atoms with Gasteiger partial charge in [-0.1, -0.05) is 6.07 Å². The van der Waals surface area contributed by atoms with Crippen molar-refractivity contribution in [3.63, 3.8) is 0 Å². The summed E-state index contributed by atoms with van der Waals surface area (Å²) >= 11 is 0. The van der Waals surface area contributed by atoms with Crippen LogP contribution in [0.5, 0.6) is 0 Å². The van der Waals surface area contributed by atoms with Crippen molar-refractivity contribution in [1.29, 1.82) is 0 Å². The zero-order valence-corrected chi connectivity index (χ0v) is 9.63. The third-order valence-electron chi connectivity index (χ3n) is 3.23. The minimum Gasteiger partial charge on any atom is -0.393 e. The normalized spacial score (nSPS) is 22.4. The molecule has 16 heavy (non-hydrogen) atoms. The quantitative estimate of drug-likeness (QED) is 0.790. The Labute approximate surface area is 96.1 Å². The van der Waals surface area contributed by atoms with E-state index in [2.05, 4.69) is 9.88 Å². The molecule has 2 rings (SSSR count). The number of anilines is 1. The zero-order chi connectivity index (χ0) is 11.5. The first-order chi connectivity index (χ1) is 7.70. The molecule has 3 N–H and O–H groups in total. The summed E-state index contributed by atoms with van der Waals surface area (Å²) in [6.45, 7) is 4.19. The number of nitrogens with zero attached hydrogens (tertiary/aromatic N) is 2. The van der Waals surface area contributed by atoms with Crippen molar-refractivity contribution in [3.05, 3.63) is 23.9 Å². The summed E-state index contributed by atoms with van der Waals surface area (Å²) in [7, 11) is 0. The van der Waals surface area contributed by atoms with Crippen LogP contribution in [0, 0.1) is 5.92 Å². The van der Waals surface area contributed by atoms with Gasteiger partial charge in [0.1, 0.15) is 5.82 Å². The molecule has 88 valence electrons. The third kappa shape index (κ3) is 2.33. The Morgan fingerprint density at radius 1 is 1.62 bits per heavy atom. The maximum atomic E-state index is 9.55. The second-order valence-electron chi connectivity index (χ2n) is 4.43. The van der Waals surface area contributed by atoms with Gasteiger partial charge in [0.15, 0.2) is 0 Å². The Morgan fingerprint density at radius 3 is 3.06 bits per heavy atom. The summed E-state index contributed by atoms with van der Waals surface area (Å²) < 4.78 is 0. The van der Waals surface area contributed by atoms with Crippen molar-refractivity contribution in [2.24, 2.45) is 11.7 Å². The van der Waals surface area contributed by atoms with Crippen LogP contribution < -0.4 is 10.6 Å². The van der Waals surface area contributed by atoms with Gasteiger partial charge in [-0.25, -0.2) is 4.98 Å². The highest BCUT2D eigenvalue weighted by atomic mass is 16.3. The van der Waals surface area contributed by atoms with Crippen LogP contribution in [0.15, 0.2) is 18.2 Å². The van der Waals surface area contributed by atoms with Crippen molar-refractivity contribution in [3.8, 4) is 0 Å². The van der Waals surface area contributed by atoms with E-state index in [4.69, 9.17) is 5.73 Å². The van der Waals surface area contributed by atoms with Crippen LogP contribution in [0.25, 0.3) is 0 Å². The Hall–Kier alpha value is -1.13. The molecule has 1 fully saturated rings. The molecule has 1 aromatic rings. The molecule has 2 unspecified atom stereocenters. The number of rotatable bonds is 3. The summed E-state index contributed by atoms with van der Waals surface area (Å²) in [5.74, 6) is 1.34. The summed E-state index contributed by atoms with van der Waals surface area (Å²) in [5, 5.41) is 9.55. The number of hydrogen-bond donors (Lipinski definition) is 2. The standard InChI is InChI=1S/C12H19N3O/c1-9(16)10-5-6-15(8-10)12-4-2-3-11(7-13)14-12/h2-4,9-10,16H,5-8,13H2,1H3. The fourth-order valence-corrected chi connectivity index (χ4v) is 2.15. The molecule has 1 aromatic heterocycles. The van der Waals surface area contributed by atoms with Gasteiger partial charge in [-0.15, -0.1) is 0 Å². The Balaban J connectivity index is 2.08. The van der Waals surface area contributed by atoms with Gasteiger partial charge in [0, 0.05) is 25.6 Å². The molecule has 1 aliphatic heterocycles. The highest BCUT2D eigenvalue weighted by molar-refractivity contribution is 5.40. The van der Waals surface area contributed by atoms with E-state index in [1.54, 1.807) is 0 Å². The predicted octanol–water partition coefficient (Wildman–Crippen LogP) is 0.747. The number of aliphatic hydroxyl groups is 1. The van der Waals surface area contributed by atoms with Gasteiger partial charge < -0.3 is 15.7 Å². The van der Waals surface area contributed by atoms with E-state index in [9.17, 15) is 5.11 Å². The van der Waals surface area contributed by atoms with Crippen LogP contribution in [-0.2, 0) is 6.54 Å². The molecule has 4 nitrogen and oxygen atoms in total. The van der Waals surface area contributed by atoms with Crippen molar-refractivity contribution < 1.29 is 5.11 Å². The van der Waals surface area contributed by atoms with Gasteiger partial charge in [0.25, 0.3) is 0 Å². The first-order valence-corrected chi connectivity index (χ1v) is 5.79. The lowest BCUT2D eigenvalue weighted by molar-refractivity contribution is 0.136. The van der Waals surface area contributed by atoms with E-state index >= 15 is 0 Å². The van der Waals surface area contributed by atoms with Crippen molar-refractivity contribution >= 4 is 5.82 Å². The van der Waals surface area contributed by atoms with Gasteiger partial charge in [0.2, 0.25) is 0 Å². The summed E-state index contributed by atoms with van der Waals surface area (Å²) in [4.78, 5) is 6.71. The molecule has 0 amide bonds. The van der Waals surface area contributed by atoms with Crippen molar-refractivity contribution in [2.45, 2.75) is 26.0 Å². The topological polar surface area (TPSA) is 62.4 Å². The zero-order valence-electron chi connectivity index (χ0n) is 9.63. The molecule has 4 heteroatoms. The van der Waals surface area contributed by atoms with E-state index in [1.165, 1.54) is 0 Å². The molecule has 1 aliphatic rings. The molecule has 2 heterocycles. The largest absolute Gasteiger partial charge is 0.393 e. The second-order valence-corrected chi connectivity index (χ2v) is 4.43. The molecule has 0 saturated carbocycles. The van der Waals surface area contributed by atoms with Crippen molar-refractivity contribution in [1.82, 2.24) is 4.98 Å². The molecule has 1 saturated heterocycles. The first-order valence-electron chi connectivity index (χ1n) is 5.79. The maximum Gasteiger partial charge on any atom is 0.128 e. The monoisotopic (exact) mass is 221 g/mol. The molecule has 0 bridgehead atoms. The fourth-order valence-electron chi connectivity index (χ4n) is 2.15. The van der Waals surface area contributed by atoms with E-state index in [-0.39, 0.29) is 6.10 Å². The molecular weight excluding hydrogens is 202 g/mol. The summed E-state index contributed by atoms with van der Waals surface area (Å²) in [5.41, 5.74) is 6.49. The van der Waals surface area contributed by atoms with Crippen LogP contribution >= 0.6 is 0 Å². The van der Waals surface area contributed by atoms with E-state index in [1.807, 2.05) is 25.1 Å². The minimum absolute atomic E-state index is 0.234. The van der Waals surface area contributed by atoms with E-state index in [0.717, 1.165) is 31.0 Å². The Kier molecular flexibility index (Phi) is 3.41. The van der Waals surface area contributed by atoms with Crippen LogP contribution in [0.3, 0.4) is 0 Å². The molecule has 0 aliphatic carbocycles. The Bertz CT molecular complexity index is 354. The highest BCUT2D eigenvalue weighted by Gasteiger charge is 2.26. The molecule has 0 radical (unpaired) electrons. The van der Waals surface area contributed by atoms with Crippen molar-refractivity contribution in [2.75, 3.05) is 18.0 Å². The highest BCUT2D eigenvalue weighted by Crippen LogP contribution is 2.24. The molecule has 2 atom stereocenters. The smallest absolute Gasteiger partial charge is 0.128 e. The lowest BCUT2D eigenvalue weighted by Gasteiger charge is -2.19. The van der Waals surface area contributed by atoms with Crippen LogP contribution in [0.2, 0.25) is 0 Å². The van der Waals surface area contributed by atoms with Crippen LogP contribution in [0.4, 0.5) is 5.82 Å². The van der Waals surface area contributed by atoms with Gasteiger partial charge in [-0.3, -0.25) is 0 Å². The van der Waals surface area contributed by atoms with Gasteiger partial charge >= 0.3 is 0 Å². The second kappa shape index (κ2) is 4.80. The lowest BCUT2D eigenvalue weighted by Crippen LogP contribution is -2.24. The average molecular weight is 221 g/mol. The van der Waals surface area contributed by atoms with Gasteiger partial charge in [-0.2, -0.15) is 0 Å². The SMILES string of the molecule is CC(O)C1CCN(c2cccc(CN)n2)C1. The van der Waals surface area contributed by atoms with E-state index in [0.29, 0.717) is 12.5 Å². The maximum absolute atomic E-state index is 9.55. The number of hydrogen-bond acceptors (Lipinski definition) is 4. The number of nitrogens with two attached hydrogens (primary N) is 1. The predicted molar refractivity (Wildman–Crippen MR) is 64.1 cm³/mol. The summed E-state index contributed by atoms with van der Waals surface area (Å²) in [6, 6.07) is 5.93. The minimum atomic E-state index is -0.234. The molecule has 0 aromatic carbocycles. The van der Waals surface area contributed by atoms with Gasteiger partial charge in [-0.05, 0) is 25.5 Å². The van der Waals surface area contributed by atoms with Crippen LogP contribution in [-0.4, -0.2) is 29.3 Å². The van der Waals surface area contributed by atoms with E-state index < -0.39 is 0 Å². The number of aromatic nitrogens is 1. The Morgan fingerprint density at radius 2 is 2.44 bits per heavy atom. The first kappa shape index (κ1) is 11.4. The van der Waals surface area contributed by atoms with Crippen LogP contribution in [0.1, 0.15) is 19.0 Å². The molecule has 0 spiro atoms.